The summed E-state index contributed by atoms with van der Waals surface area (Å²) in [6.45, 7) is 8.45. The molecule has 10 heteroatoms. The summed E-state index contributed by atoms with van der Waals surface area (Å²) in [5, 5.41) is 12.6. The Morgan fingerprint density at radius 3 is 2.60 bits per heavy atom. The molecule has 0 bridgehead atoms. The van der Waals surface area contributed by atoms with Crippen LogP contribution in [0.25, 0.3) is 16.0 Å². The van der Waals surface area contributed by atoms with Crippen molar-refractivity contribution in [3.8, 4) is 22.9 Å². The Morgan fingerprint density at radius 1 is 1.23 bits per heavy atom. The Kier molecular flexibility index (Phi) is 7.09. The minimum Gasteiger partial charge on any atom is -0.491 e. The van der Waals surface area contributed by atoms with Crippen LogP contribution in [0.3, 0.4) is 0 Å². The monoisotopic (exact) mass is 438 g/mol. The lowest BCUT2D eigenvalue weighted by Crippen LogP contribution is -2.04. The van der Waals surface area contributed by atoms with Crippen molar-refractivity contribution in [1.82, 2.24) is 9.97 Å². The fraction of sp³-hybridized carbons (Fsp3) is 0.200. The van der Waals surface area contributed by atoms with E-state index in [-0.39, 0.29) is 11.5 Å². The zero-order valence-corrected chi connectivity index (χ0v) is 17.7. The molecular formula is C20H18N6O2S2. The summed E-state index contributed by atoms with van der Waals surface area (Å²) in [7, 11) is 1.61. The highest BCUT2D eigenvalue weighted by Crippen LogP contribution is 2.42. The zero-order chi connectivity index (χ0) is 21.5. The predicted octanol–water partition coefficient (Wildman–Crippen LogP) is 4.11. The van der Waals surface area contributed by atoms with Crippen LogP contribution in [0.1, 0.15) is 11.3 Å². The van der Waals surface area contributed by atoms with Gasteiger partial charge in [0.25, 0.3) is 0 Å². The molecule has 8 nitrogen and oxygen atoms in total. The number of benzene rings is 1. The van der Waals surface area contributed by atoms with Gasteiger partial charge in [-0.3, -0.25) is 0 Å². The van der Waals surface area contributed by atoms with Crippen molar-refractivity contribution in [1.29, 1.82) is 5.26 Å². The van der Waals surface area contributed by atoms with Crippen molar-refractivity contribution in [2.75, 3.05) is 31.8 Å². The normalized spacial score (nSPS) is 10.4. The van der Waals surface area contributed by atoms with Gasteiger partial charge < -0.3 is 20.9 Å². The van der Waals surface area contributed by atoms with Crippen LogP contribution in [-0.2, 0) is 10.5 Å². The molecule has 4 N–H and O–H groups in total. The van der Waals surface area contributed by atoms with E-state index in [1.54, 1.807) is 31.4 Å². The molecule has 152 valence electrons. The quantitative estimate of drug-likeness (QED) is 0.306. The number of rotatable bonds is 8. The Balaban J connectivity index is 1.97. The minimum absolute atomic E-state index is 0.0831. The molecule has 3 aromatic rings. The van der Waals surface area contributed by atoms with Crippen molar-refractivity contribution in [2.45, 2.75) is 10.8 Å². The average Bonchev–Trinajstić information content (AvgIpc) is 3.17. The molecule has 0 fully saturated rings. The lowest BCUT2D eigenvalue weighted by atomic mass is 10.00. The standard InChI is InChI=1S/C20H18N6O2S2/c1-24-17-16(12-3-5-14(6-4-12)28-8-7-27-2)15(9-21)19(26-18(17)22)29-10-13-11-30-20(23)25-13/h3-6,11H,7-8,10H2,2H3,(H2,22,26)(H2,23,25). The molecule has 0 unspecified atom stereocenters. The minimum atomic E-state index is 0.0831. The van der Waals surface area contributed by atoms with Gasteiger partial charge in [-0.1, -0.05) is 23.9 Å². The van der Waals surface area contributed by atoms with E-state index in [1.165, 1.54) is 23.1 Å². The van der Waals surface area contributed by atoms with E-state index in [0.29, 0.717) is 51.6 Å². The molecule has 0 spiro atoms. The highest BCUT2D eigenvalue weighted by Gasteiger charge is 2.21. The van der Waals surface area contributed by atoms with Gasteiger partial charge in [0.05, 0.1) is 24.4 Å². The second kappa shape index (κ2) is 9.94. The van der Waals surface area contributed by atoms with Gasteiger partial charge in [-0.2, -0.15) is 5.26 Å². The first-order valence-corrected chi connectivity index (χ1v) is 10.6. The molecule has 0 aliphatic heterocycles. The molecule has 3 rings (SSSR count). The van der Waals surface area contributed by atoms with Gasteiger partial charge in [0.1, 0.15) is 29.3 Å². The topological polar surface area (TPSA) is 124 Å². The van der Waals surface area contributed by atoms with Crippen molar-refractivity contribution < 1.29 is 9.47 Å². The number of aromatic nitrogens is 2. The Morgan fingerprint density at radius 2 is 2.00 bits per heavy atom. The Labute approximate surface area is 182 Å². The molecule has 0 aliphatic rings. The van der Waals surface area contributed by atoms with Crippen LogP contribution in [-0.4, -0.2) is 30.3 Å². The first-order chi connectivity index (χ1) is 14.6. The number of nitrogens with two attached hydrogens (primary N) is 2. The predicted molar refractivity (Wildman–Crippen MR) is 119 cm³/mol. The number of nitrogens with zero attached hydrogens (tertiary/aromatic N) is 4. The van der Waals surface area contributed by atoms with Gasteiger partial charge >= 0.3 is 0 Å². The fourth-order valence-corrected chi connectivity index (χ4v) is 4.22. The maximum Gasteiger partial charge on any atom is 0.236 e. The lowest BCUT2D eigenvalue weighted by Gasteiger charge is -2.13. The summed E-state index contributed by atoms with van der Waals surface area (Å²) in [5.74, 6) is 1.23. The van der Waals surface area contributed by atoms with Crippen LogP contribution in [0.4, 0.5) is 16.6 Å². The van der Waals surface area contributed by atoms with Crippen molar-refractivity contribution in [2.24, 2.45) is 0 Å². The second-order valence-electron chi connectivity index (χ2n) is 5.96. The highest BCUT2D eigenvalue weighted by molar-refractivity contribution is 7.98. The van der Waals surface area contributed by atoms with Gasteiger partial charge in [-0.15, -0.1) is 11.3 Å². The third-order valence-electron chi connectivity index (χ3n) is 4.01. The molecule has 0 saturated carbocycles. The maximum absolute atomic E-state index is 9.85. The summed E-state index contributed by atoms with van der Waals surface area (Å²) in [5.41, 5.74) is 14.1. The molecule has 0 aliphatic carbocycles. The first-order valence-electron chi connectivity index (χ1n) is 8.73. The van der Waals surface area contributed by atoms with Crippen LogP contribution in [0.15, 0.2) is 34.7 Å². The second-order valence-corrected chi connectivity index (χ2v) is 7.81. The molecule has 0 amide bonds. The number of methoxy groups -OCH3 is 1. The van der Waals surface area contributed by atoms with E-state index in [0.717, 1.165) is 5.69 Å². The van der Waals surface area contributed by atoms with Gasteiger partial charge in [-0.05, 0) is 17.7 Å². The number of pyridine rings is 1. The number of hydrogen-bond donors (Lipinski definition) is 2. The fourth-order valence-electron chi connectivity index (χ4n) is 2.67. The summed E-state index contributed by atoms with van der Waals surface area (Å²) in [6, 6.07) is 9.34. The maximum atomic E-state index is 9.85. The largest absolute Gasteiger partial charge is 0.491 e. The van der Waals surface area contributed by atoms with Crippen LogP contribution in [0.2, 0.25) is 0 Å². The van der Waals surface area contributed by atoms with Gasteiger partial charge in [0, 0.05) is 23.8 Å². The summed E-state index contributed by atoms with van der Waals surface area (Å²) in [6.07, 6.45) is 0. The number of thioether (sulfide) groups is 1. The molecule has 0 atom stereocenters. The molecule has 30 heavy (non-hydrogen) atoms. The SMILES string of the molecule is [C-]#[N+]c1c(N)nc(SCc2csc(N)n2)c(C#N)c1-c1ccc(OCCOC)cc1. The number of ether oxygens (including phenoxy) is 2. The number of thiazole rings is 1. The third kappa shape index (κ3) is 4.81. The van der Waals surface area contributed by atoms with Crippen LogP contribution < -0.4 is 16.2 Å². The van der Waals surface area contributed by atoms with Crippen LogP contribution >= 0.6 is 23.1 Å². The molecule has 2 aromatic heterocycles. The van der Waals surface area contributed by atoms with Crippen molar-refractivity contribution in [3.05, 3.63) is 52.3 Å². The molecule has 0 radical (unpaired) electrons. The van der Waals surface area contributed by atoms with Crippen LogP contribution in [0, 0.1) is 17.9 Å². The number of anilines is 2. The summed E-state index contributed by atoms with van der Waals surface area (Å²) in [4.78, 5) is 12.0. The number of hydrogen-bond acceptors (Lipinski definition) is 9. The summed E-state index contributed by atoms with van der Waals surface area (Å²) < 4.78 is 10.6. The lowest BCUT2D eigenvalue weighted by molar-refractivity contribution is 0.146. The molecule has 1 aromatic carbocycles. The average molecular weight is 439 g/mol. The van der Waals surface area contributed by atoms with Gasteiger partial charge in [0.15, 0.2) is 5.13 Å². The van der Waals surface area contributed by atoms with E-state index < -0.39 is 0 Å². The van der Waals surface area contributed by atoms with E-state index in [4.69, 9.17) is 27.5 Å². The smallest absolute Gasteiger partial charge is 0.236 e. The van der Waals surface area contributed by atoms with E-state index in [9.17, 15) is 5.26 Å². The van der Waals surface area contributed by atoms with Gasteiger partial charge in [0.2, 0.25) is 5.69 Å². The van der Waals surface area contributed by atoms with Crippen LogP contribution in [0.5, 0.6) is 5.75 Å². The van der Waals surface area contributed by atoms with E-state index in [2.05, 4.69) is 20.9 Å². The molecule has 2 heterocycles. The summed E-state index contributed by atoms with van der Waals surface area (Å²) >= 11 is 2.68. The van der Waals surface area contributed by atoms with Crippen molar-refractivity contribution in [3.63, 3.8) is 0 Å². The number of nitriles is 1. The zero-order valence-electron chi connectivity index (χ0n) is 16.1. The van der Waals surface area contributed by atoms with Gasteiger partial charge in [-0.25, -0.2) is 14.8 Å². The highest BCUT2D eigenvalue weighted by atomic mass is 32.2. The third-order valence-corrected chi connectivity index (χ3v) is 5.75. The first kappa shape index (κ1) is 21.4. The number of nitrogen functional groups attached to an aromatic ring is 2. The Bertz CT molecular complexity index is 1120. The molecule has 0 saturated heterocycles. The Hall–Kier alpha value is -3.31. The van der Waals surface area contributed by atoms with E-state index >= 15 is 0 Å². The van der Waals surface area contributed by atoms with Crippen molar-refractivity contribution >= 4 is 39.7 Å². The van der Waals surface area contributed by atoms with E-state index in [1.807, 2.05) is 5.38 Å². The molecular weight excluding hydrogens is 420 g/mol.